The van der Waals surface area contributed by atoms with Crippen molar-refractivity contribution in [3.63, 3.8) is 0 Å². The van der Waals surface area contributed by atoms with Crippen LogP contribution in [0.4, 0.5) is 17.3 Å². The molecule has 0 amide bonds. The molecular weight excluding hydrogens is 258 g/mol. The Bertz CT molecular complexity index is 486. The highest BCUT2D eigenvalue weighted by molar-refractivity contribution is 5.61. The van der Waals surface area contributed by atoms with Crippen LogP contribution in [0.3, 0.4) is 0 Å². The van der Waals surface area contributed by atoms with E-state index in [4.69, 9.17) is 5.73 Å². The van der Waals surface area contributed by atoms with E-state index in [1.807, 2.05) is 11.9 Å². The molecule has 0 radical (unpaired) electrons. The Hall–Kier alpha value is -1.89. The number of piperidine rings is 1. The van der Waals surface area contributed by atoms with E-state index in [2.05, 4.69) is 16.8 Å². The maximum absolute atomic E-state index is 11.1. The Morgan fingerprint density at radius 1 is 1.50 bits per heavy atom. The molecule has 7 nitrogen and oxygen atoms in total. The molecule has 1 aliphatic heterocycles. The van der Waals surface area contributed by atoms with Crippen molar-refractivity contribution in [2.24, 2.45) is 0 Å². The first-order chi connectivity index (χ1) is 9.52. The second-order valence-corrected chi connectivity index (χ2v) is 5.11. The summed E-state index contributed by atoms with van der Waals surface area (Å²) in [5.41, 5.74) is 5.68. The molecule has 0 aromatic carbocycles. The van der Waals surface area contributed by atoms with Crippen LogP contribution in [-0.2, 0) is 0 Å². The SMILES string of the molecule is CCN1CCC(N(C)c2nc(N)ccc2[N+](=O)[O-])CC1. The van der Waals surface area contributed by atoms with Gasteiger partial charge in [-0.25, -0.2) is 4.98 Å². The number of pyridine rings is 1. The van der Waals surface area contributed by atoms with Crippen molar-refractivity contribution in [3.05, 3.63) is 22.2 Å². The van der Waals surface area contributed by atoms with Crippen molar-refractivity contribution in [1.82, 2.24) is 9.88 Å². The van der Waals surface area contributed by atoms with Gasteiger partial charge in [0.15, 0.2) is 0 Å². The van der Waals surface area contributed by atoms with E-state index in [-0.39, 0.29) is 11.7 Å². The second-order valence-electron chi connectivity index (χ2n) is 5.11. The van der Waals surface area contributed by atoms with Crippen LogP contribution in [0.5, 0.6) is 0 Å². The van der Waals surface area contributed by atoms with Crippen molar-refractivity contribution in [3.8, 4) is 0 Å². The van der Waals surface area contributed by atoms with E-state index < -0.39 is 4.92 Å². The van der Waals surface area contributed by atoms with Crippen molar-refractivity contribution >= 4 is 17.3 Å². The normalized spacial score (nSPS) is 17.1. The van der Waals surface area contributed by atoms with E-state index in [9.17, 15) is 10.1 Å². The summed E-state index contributed by atoms with van der Waals surface area (Å²) in [4.78, 5) is 19.1. The number of nitrogens with two attached hydrogens (primary N) is 1. The van der Waals surface area contributed by atoms with Gasteiger partial charge in [-0.2, -0.15) is 0 Å². The monoisotopic (exact) mass is 279 g/mol. The molecule has 2 heterocycles. The molecule has 0 atom stereocenters. The first-order valence-corrected chi connectivity index (χ1v) is 6.89. The minimum atomic E-state index is -0.403. The predicted molar refractivity (Wildman–Crippen MR) is 78.8 cm³/mol. The molecule has 1 aromatic rings. The summed E-state index contributed by atoms with van der Waals surface area (Å²) in [6.07, 6.45) is 1.97. The summed E-state index contributed by atoms with van der Waals surface area (Å²) >= 11 is 0. The highest BCUT2D eigenvalue weighted by Gasteiger charge is 2.27. The van der Waals surface area contributed by atoms with E-state index >= 15 is 0 Å². The summed E-state index contributed by atoms with van der Waals surface area (Å²) in [5.74, 6) is 0.674. The van der Waals surface area contributed by atoms with Gasteiger partial charge in [0.1, 0.15) is 5.82 Å². The molecule has 0 spiro atoms. The number of nitrogen functional groups attached to an aromatic ring is 1. The molecule has 0 unspecified atom stereocenters. The average molecular weight is 279 g/mol. The molecule has 1 aliphatic rings. The molecule has 2 rings (SSSR count). The lowest BCUT2D eigenvalue weighted by Crippen LogP contribution is -2.43. The fraction of sp³-hybridized carbons (Fsp3) is 0.615. The number of anilines is 2. The van der Waals surface area contributed by atoms with Gasteiger partial charge < -0.3 is 15.5 Å². The van der Waals surface area contributed by atoms with E-state index in [1.54, 1.807) is 0 Å². The predicted octanol–water partition coefficient (Wildman–Crippen LogP) is 1.49. The van der Waals surface area contributed by atoms with E-state index in [0.29, 0.717) is 11.6 Å². The third kappa shape index (κ3) is 2.98. The number of hydrogen-bond acceptors (Lipinski definition) is 6. The fourth-order valence-corrected chi connectivity index (χ4v) is 2.65. The van der Waals surface area contributed by atoms with Crippen molar-refractivity contribution in [2.45, 2.75) is 25.8 Å². The number of nitro groups is 1. The molecule has 1 saturated heterocycles. The van der Waals surface area contributed by atoms with Crippen LogP contribution in [0.15, 0.2) is 12.1 Å². The lowest BCUT2D eigenvalue weighted by molar-refractivity contribution is -0.384. The van der Waals surface area contributed by atoms with Gasteiger partial charge in [0.2, 0.25) is 5.82 Å². The zero-order valence-corrected chi connectivity index (χ0v) is 12.0. The first kappa shape index (κ1) is 14.5. The maximum Gasteiger partial charge on any atom is 0.311 e. The van der Waals surface area contributed by atoms with Gasteiger partial charge in [0, 0.05) is 32.2 Å². The van der Waals surface area contributed by atoms with Gasteiger partial charge in [-0.15, -0.1) is 0 Å². The van der Waals surface area contributed by atoms with Crippen LogP contribution in [0.25, 0.3) is 0 Å². The summed E-state index contributed by atoms with van der Waals surface area (Å²) in [6, 6.07) is 3.16. The molecule has 7 heteroatoms. The number of aromatic nitrogens is 1. The van der Waals surface area contributed by atoms with Gasteiger partial charge in [-0.05, 0) is 25.5 Å². The first-order valence-electron chi connectivity index (χ1n) is 6.89. The van der Waals surface area contributed by atoms with Gasteiger partial charge in [0.25, 0.3) is 0 Å². The highest BCUT2D eigenvalue weighted by atomic mass is 16.6. The number of hydrogen-bond donors (Lipinski definition) is 1. The highest BCUT2D eigenvalue weighted by Crippen LogP contribution is 2.29. The van der Waals surface area contributed by atoms with E-state index in [1.165, 1.54) is 12.1 Å². The molecule has 0 bridgehead atoms. The quantitative estimate of drug-likeness (QED) is 0.663. The van der Waals surface area contributed by atoms with Crippen molar-refractivity contribution in [1.29, 1.82) is 0 Å². The summed E-state index contributed by atoms with van der Waals surface area (Å²) in [6.45, 7) is 5.23. The third-order valence-electron chi connectivity index (χ3n) is 3.96. The van der Waals surface area contributed by atoms with Gasteiger partial charge in [0.05, 0.1) is 4.92 Å². The lowest BCUT2D eigenvalue weighted by Gasteiger charge is -2.36. The minimum Gasteiger partial charge on any atom is -0.384 e. The Morgan fingerprint density at radius 3 is 2.70 bits per heavy atom. The Morgan fingerprint density at radius 2 is 2.15 bits per heavy atom. The number of rotatable bonds is 4. The Kier molecular flexibility index (Phi) is 4.39. The van der Waals surface area contributed by atoms with Gasteiger partial charge >= 0.3 is 5.69 Å². The van der Waals surface area contributed by atoms with Crippen LogP contribution in [-0.4, -0.2) is 47.5 Å². The van der Waals surface area contributed by atoms with Crippen molar-refractivity contribution in [2.75, 3.05) is 37.3 Å². The molecule has 2 N–H and O–H groups in total. The zero-order chi connectivity index (χ0) is 14.7. The smallest absolute Gasteiger partial charge is 0.311 e. The summed E-state index contributed by atoms with van der Waals surface area (Å²) in [7, 11) is 1.86. The Balaban J connectivity index is 2.18. The standard InChI is InChI=1S/C13H21N5O2/c1-3-17-8-6-10(7-9-17)16(2)13-11(18(19)20)4-5-12(14)15-13/h4-5,10H,3,6-9H2,1-2H3,(H2,14,15). The second kappa shape index (κ2) is 6.04. The maximum atomic E-state index is 11.1. The summed E-state index contributed by atoms with van der Waals surface area (Å²) < 4.78 is 0. The molecule has 1 fully saturated rings. The number of nitrogens with zero attached hydrogens (tertiary/aromatic N) is 4. The lowest BCUT2D eigenvalue weighted by atomic mass is 10.0. The fourth-order valence-electron chi connectivity index (χ4n) is 2.65. The van der Waals surface area contributed by atoms with Crippen molar-refractivity contribution < 1.29 is 4.92 Å². The van der Waals surface area contributed by atoms with Crippen LogP contribution < -0.4 is 10.6 Å². The van der Waals surface area contributed by atoms with Crippen LogP contribution in [0.2, 0.25) is 0 Å². The molecule has 110 valence electrons. The minimum absolute atomic E-state index is 0.0135. The van der Waals surface area contributed by atoms with Crippen LogP contribution in [0, 0.1) is 10.1 Å². The van der Waals surface area contributed by atoms with Gasteiger partial charge in [-0.3, -0.25) is 10.1 Å². The summed E-state index contributed by atoms with van der Waals surface area (Å²) in [5, 5.41) is 11.1. The third-order valence-corrected chi connectivity index (χ3v) is 3.96. The average Bonchev–Trinajstić information content (AvgIpc) is 2.46. The van der Waals surface area contributed by atoms with Crippen LogP contribution >= 0.6 is 0 Å². The topological polar surface area (TPSA) is 88.5 Å². The van der Waals surface area contributed by atoms with E-state index in [0.717, 1.165) is 32.5 Å². The Labute approximate surface area is 118 Å². The molecule has 1 aromatic heterocycles. The number of likely N-dealkylation sites (tertiary alicyclic amines) is 1. The van der Waals surface area contributed by atoms with Crippen LogP contribution in [0.1, 0.15) is 19.8 Å². The zero-order valence-electron chi connectivity index (χ0n) is 12.0. The molecule has 0 aliphatic carbocycles. The largest absolute Gasteiger partial charge is 0.384 e. The van der Waals surface area contributed by atoms with Gasteiger partial charge in [-0.1, -0.05) is 6.92 Å². The molecule has 20 heavy (non-hydrogen) atoms. The molecular formula is C13H21N5O2. The molecule has 0 saturated carbocycles.